The Bertz CT molecular complexity index is 836. The summed E-state index contributed by atoms with van der Waals surface area (Å²) in [7, 11) is 0. The van der Waals surface area contributed by atoms with Gasteiger partial charge in [-0.05, 0) is 30.0 Å². The van der Waals surface area contributed by atoms with Crippen LogP contribution in [0.25, 0.3) is 11.1 Å². The van der Waals surface area contributed by atoms with E-state index in [1.54, 1.807) is 6.20 Å². The van der Waals surface area contributed by atoms with Crippen molar-refractivity contribution in [1.82, 2.24) is 25.6 Å². The van der Waals surface area contributed by atoms with Gasteiger partial charge in [-0.15, -0.1) is 10.2 Å². The number of nitrogens with zero attached hydrogens (tertiary/aromatic N) is 4. The van der Waals surface area contributed by atoms with Gasteiger partial charge in [-0.25, -0.2) is 0 Å². The molecule has 2 N–H and O–H groups in total. The zero-order valence-electron chi connectivity index (χ0n) is 14.5. The Morgan fingerprint density at radius 1 is 1.23 bits per heavy atom. The molecule has 0 saturated carbocycles. The van der Waals surface area contributed by atoms with Gasteiger partial charge in [0.05, 0.1) is 5.92 Å². The molecule has 1 aromatic carbocycles. The smallest absolute Gasteiger partial charge is 0.307 e. The van der Waals surface area contributed by atoms with Crippen LogP contribution in [-0.4, -0.2) is 36.7 Å². The van der Waals surface area contributed by atoms with Gasteiger partial charge in [0.1, 0.15) is 0 Å². The van der Waals surface area contributed by atoms with E-state index in [-0.39, 0.29) is 5.92 Å². The summed E-state index contributed by atoms with van der Waals surface area (Å²) in [6.45, 7) is 1.98. The molecule has 2 aromatic heterocycles. The lowest BCUT2D eigenvalue weighted by Gasteiger charge is -2.22. The van der Waals surface area contributed by atoms with Crippen molar-refractivity contribution in [3.8, 4) is 11.1 Å². The first-order valence-corrected chi connectivity index (χ1v) is 8.65. The summed E-state index contributed by atoms with van der Waals surface area (Å²) in [5, 5.41) is 24.0. The molecule has 26 heavy (non-hydrogen) atoms. The number of aliphatic carboxylic acids is 1. The number of H-pyrrole nitrogens is 1. The van der Waals surface area contributed by atoms with E-state index in [1.165, 1.54) is 0 Å². The van der Waals surface area contributed by atoms with Gasteiger partial charge < -0.3 is 5.11 Å². The minimum absolute atomic E-state index is 0.357. The molecule has 0 aliphatic carbocycles. The molecule has 2 heterocycles. The molecular weight excluding hydrogens is 330 g/mol. The highest BCUT2D eigenvalue weighted by molar-refractivity contribution is 5.72. The number of hydrogen-bond acceptors (Lipinski definition) is 5. The van der Waals surface area contributed by atoms with Gasteiger partial charge in [0.25, 0.3) is 0 Å². The van der Waals surface area contributed by atoms with Crippen molar-refractivity contribution < 1.29 is 9.90 Å². The Morgan fingerprint density at radius 3 is 2.73 bits per heavy atom. The first-order chi connectivity index (χ1) is 12.7. The topological polar surface area (TPSA) is 105 Å². The fraction of sp³-hybridized carbons (Fsp3) is 0.316. The van der Waals surface area contributed by atoms with Gasteiger partial charge in [-0.1, -0.05) is 48.9 Å². The Balaban J connectivity index is 1.99. The summed E-state index contributed by atoms with van der Waals surface area (Å²) in [6, 6.07) is 11.8. The minimum atomic E-state index is -0.833. The molecule has 0 bridgehead atoms. The summed E-state index contributed by atoms with van der Waals surface area (Å²) >= 11 is 0. The van der Waals surface area contributed by atoms with Crippen LogP contribution in [0.2, 0.25) is 0 Å². The molecule has 3 rings (SSSR count). The molecular formula is C19H21N5O2. The Labute approximate surface area is 151 Å². The largest absolute Gasteiger partial charge is 0.481 e. The Morgan fingerprint density at radius 2 is 2.08 bits per heavy atom. The maximum absolute atomic E-state index is 11.9. The maximum Gasteiger partial charge on any atom is 0.307 e. The lowest BCUT2D eigenvalue weighted by atomic mass is 9.82. The molecule has 7 heteroatoms. The van der Waals surface area contributed by atoms with Crippen LogP contribution in [-0.2, 0) is 11.2 Å². The number of aromatic amines is 1. The van der Waals surface area contributed by atoms with Crippen molar-refractivity contribution in [1.29, 1.82) is 0 Å². The van der Waals surface area contributed by atoms with Crippen molar-refractivity contribution in [3.63, 3.8) is 0 Å². The highest BCUT2D eigenvalue weighted by Crippen LogP contribution is 2.33. The molecule has 0 radical (unpaired) electrons. The van der Waals surface area contributed by atoms with Gasteiger partial charge in [-0.2, -0.15) is 5.21 Å². The third-order valence-corrected chi connectivity index (χ3v) is 4.53. The van der Waals surface area contributed by atoms with E-state index in [9.17, 15) is 9.90 Å². The SMILES string of the molecule is CCC[C@H](C(=O)O)[C@H](Cc1ccccc1-c1cccnc1)c1nn[nH]n1. The van der Waals surface area contributed by atoms with E-state index in [2.05, 4.69) is 25.6 Å². The van der Waals surface area contributed by atoms with Crippen LogP contribution in [0.5, 0.6) is 0 Å². The molecule has 0 aliphatic rings. The normalized spacial score (nSPS) is 13.3. The summed E-state index contributed by atoms with van der Waals surface area (Å²) in [5.41, 5.74) is 3.07. The molecule has 0 saturated heterocycles. The molecule has 2 atom stereocenters. The quantitative estimate of drug-likeness (QED) is 0.646. The van der Waals surface area contributed by atoms with Crippen LogP contribution in [0.15, 0.2) is 48.8 Å². The predicted octanol–water partition coefficient (Wildman–Crippen LogP) is 3.09. The number of hydrogen-bond donors (Lipinski definition) is 2. The monoisotopic (exact) mass is 351 g/mol. The number of benzene rings is 1. The van der Waals surface area contributed by atoms with E-state index in [0.717, 1.165) is 23.1 Å². The number of carboxylic acids is 1. The summed E-state index contributed by atoms with van der Waals surface area (Å²) < 4.78 is 0. The predicted molar refractivity (Wildman–Crippen MR) is 96.3 cm³/mol. The highest BCUT2D eigenvalue weighted by atomic mass is 16.4. The molecule has 7 nitrogen and oxygen atoms in total. The van der Waals surface area contributed by atoms with Crippen molar-refractivity contribution in [2.24, 2.45) is 5.92 Å². The molecule has 0 fully saturated rings. The van der Waals surface area contributed by atoms with Crippen molar-refractivity contribution in [3.05, 3.63) is 60.2 Å². The van der Waals surface area contributed by atoms with E-state index in [1.807, 2.05) is 49.5 Å². The average Bonchev–Trinajstić information content (AvgIpc) is 3.20. The Kier molecular flexibility index (Phi) is 5.68. The molecule has 0 aliphatic heterocycles. The van der Waals surface area contributed by atoms with Gasteiger partial charge in [0.2, 0.25) is 0 Å². The van der Waals surface area contributed by atoms with Gasteiger partial charge >= 0.3 is 5.97 Å². The van der Waals surface area contributed by atoms with Crippen molar-refractivity contribution in [2.75, 3.05) is 0 Å². The van der Waals surface area contributed by atoms with Crippen LogP contribution in [0.1, 0.15) is 37.1 Å². The fourth-order valence-electron chi connectivity index (χ4n) is 3.29. The van der Waals surface area contributed by atoms with Crippen LogP contribution < -0.4 is 0 Å². The Hall–Kier alpha value is -3.09. The van der Waals surface area contributed by atoms with Crippen LogP contribution in [0, 0.1) is 5.92 Å². The van der Waals surface area contributed by atoms with Crippen LogP contribution >= 0.6 is 0 Å². The molecule has 0 unspecified atom stereocenters. The van der Waals surface area contributed by atoms with E-state index in [0.29, 0.717) is 18.7 Å². The number of nitrogens with one attached hydrogen (secondary N) is 1. The lowest BCUT2D eigenvalue weighted by Crippen LogP contribution is -2.25. The van der Waals surface area contributed by atoms with Gasteiger partial charge in [0, 0.05) is 23.9 Å². The second-order valence-corrected chi connectivity index (χ2v) is 6.21. The number of carbonyl (C=O) groups is 1. The minimum Gasteiger partial charge on any atom is -0.481 e. The number of tetrazole rings is 1. The van der Waals surface area contributed by atoms with Crippen molar-refractivity contribution in [2.45, 2.75) is 32.1 Å². The second kappa shape index (κ2) is 8.33. The summed E-state index contributed by atoms with van der Waals surface area (Å²) in [5.74, 6) is -1.32. The van der Waals surface area contributed by atoms with E-state index >= 15 is 0 Å². The number of rotatable bonds is 8. The molecule has 0 amide bonds. The van der Waals surface area contributed by atoms with Crippen LogP contribution in [0.4, 0.5) is 0 Å². The highest BCUT2D eigenvalue weighted by Gasteiger charge is 2.32. The van der Waals surface area contributed by atoms with Gasteiger partial charge in [0.15, 0.2) is 5.82 Å². The van der Waals surface area contributed by atoms with Crippen LogP contribution in [0.3, 0.4) is 0 Å². The van der Waals surface area contributed by atoms with E-state index in [4.69, 9.17) is 0 Å². The summed E-state index contributed by atoms with van der Waals surface area (Å²) in [4.78, 5) is 16.1. The number of pyridine rings is 1. The third-order valence-electron chi connectivity index (χ3n) is 4.53. The maximum atomic E-state index is 11.9. The second-order valence-electron chi connectivity index (χ2n) is 6.21. The molecule has 0 spiro atoms. The standard InChI is InChI=1S/C19H21N5O2/c1-2-6-16(19(25)26)17(18-21-23-24-22-18)11-13-7-3-4-9-15(13)14-8-5-10-20-12-14/h3-5,7-10,12,16-17H,2,6,11H2,1H3,(H,25,26)(H,21,22,23,24)/t16-,17-/m0/s1. The fourth-order valence-corrected chi connectivity index (χ4v) is 3.29. The van der Waals surface area contributed by atoms with Crippen molar-refractivity contribution >= 4 is 5.97 Å². The first-order valence-electron chi connectivity index (χ1n) is 8.65. The average molecular weight is 351 g/mol. The summed E-state index contributed by atoms with van der Waals surface area (Å²) in [6.07, 6.45) is 5.39. The molecule has 3 aromatic rings. The number of carboxylic acid groups (broad SMARTS) is 1. The number of aromatic nitrogens is 5. The third kappa shape index (κ3) is 3.93. The zero-order chi connectivity index (χ0) is 18.4. The zero-order valence-corrected chi connectivity index (χ0v) is 14.5. The first kappa shape index (κ1) is 17.7. The van der Waals surface area contributed by atoms with E-state index < -0.39 is 11.9 Å². The van der Waals surface area contributed by atoms with Gasteiger partial charge in [-0.3, -0.25) is 9.78 Å². The molecule has 134 valence electrons. The lowest BCUT2D eigenvalue weighted by molar-refractivity contribution is -0.142.